The van der Waals surface area contributed by atoms with Crippen LogP contribution in [-0.2, 0) is 0 Å². The molecule has 0 radical (unpaired) electrons. The van der Waals surface area contributed by atoms with Crippen LogP contribution in [0.5, 0.6) is 5.75 Å². The first kappa shape index (κ1) is 13.9. The molecule has 0 amide bonds. The van der Waals surface area contributed by atoms with Crippen molar-refractivity contribution in [1.82, 2.24) is 4.90 Å². The van der Waals surface area contributed by atoms with Crippen molar-refractivity contribution >= 4 is 35.0 Å². The van der Waals surface area contributed by atoms with E-state index in [0.29, 0.717) is 15.3 Å². The molecule has 3 atom stereocenters. The molecule has 2 aliphatic heterocycles. The van der Waals surface area contributed by atoms with Crippen molar-refractivity contribution in [3.05, 3.63) is 22.2 Å². The number of piperidine rings is 1. The van der Waals surface area contributed by atoms with Crippen molar-refractivity contribution in [2.75, 3.05) is 7.05 Å². The largest absolute Gasteiger partial charge is 0.505 e. The smallest absolute Gasteiger partial charge is 0.152 e. The minimum atomic E-state index is -0.0175. The molecule has 1 aromatic carbocycles. The lowest BCUT2D eigenvalue weighted by Gasteiger charge is -2.36. The second-order valence-corrected chi connectivity index (χ2v) is 7.69. The Bertz CT molecular complexity index is 459. The van der Waals surface area contributed by atoms with E-state index in [1.807, 2.05) is 23.9 Å². The maximum atomic E-state index is 9.59. The molecule has 2 bridgehead atoms. The Kier molecular flexibility index (Phi) is 3.91. The van der Waals surface area contributed by atoms with Gasteiger partial charge in [0.15, 0.2) is 5.75 Å². The van der Waals surface area contributed by atoms with Gasteiger partial charge in [0.2, 0.25) is 0 Å². The number of nitrogens with zero attached hydrogens (tertiary/aromatic N) is 1. The van der Waals surface area contributed by atoms with Crippen LogP contribution in [0.25, 0.3) is 0 Å². The molecule has 2 heterocycles. The molecule has 5 heteroatoms. The normalized spacial score (nSPS) is 30.8. The maximum Gasteiger partial charge on any atom is 0.152 e. The van der Waals surface area contributed by atoms with Crippen LogP contribution < -0.4 is 0 Å². The van der Waals surface area contributed by atoms with Crippen LogP contribution in [-0.4, -0.2) is 34.4 Å². The molecular formula is C14H17Cl2NOS. The maximum absolute atomic E-state index is 9.59. The van der Waals surface area contributed by atoms with E-state index in [0.717, 1.165) is 17.0 Å². The van der Waals surface area contributed by atoms with Gasteiger partial charge in [0.25, 0.3) is 0 Å². The van der Waals surface area contributed by atoms with Crippen LogP contribution in [0.3, 0.4) is 0 Å². The molecule has 2 aliphatic rings. The fraction of sp³-hybridized carbons (Fsp3) is 0.571. The van der Waals surface area contributed by atoms with Gasteiger partial charge in [0, 0.05) is 22.2 Å². The van der Waals surface area contributed by atoms with Gasteiger partial charge in [-0.1, -0.05) is 23.2 Å². The first-order chi connectivity index (χ1) is 9.04. The number of phenols is 1. The number of rotatable bonds is 2. The number of hydrogen-bond acceptors (Lipinski definition) is 3. The summed E-state index contributed by atoms with van der Waals surface area (Å²) in [5.41, 5.74) is 0. The summed E-state index contributed by atoms with van der Waals surface area (Å²) in [6, 6.07) is 5.10. The Balaban J connectivity index is 1.73. The average Bonchev–Trinajstić information content (AvgIpc) is 2.60. The highest BCUT2D eigenvalue weighted by atomic mass is 35.5. The minimum absolute atomic E-state index is 0.0175. The van der Waals surface area contributed by atoms with Crippen LogP contribution in [0.1, 0.15) is 25.7 Å². The number of halogens is 2. The van der Waals surface area contributed by atoms with Gasteiger partial charge in [-0.15, -0.1) is 11.8 Å². The third-order valence-corrected chi connectivity index (χ3v) is 6.15. The van der Waals surface area contributed by atoms with E-state index in [4.69, 9.17) is 23.2 Å². The SMILES string of the molecule is CN1[C@@H]2CC[C@H]1C[C@H](Sc1cc(Cl)c(O)c(Cl)c1)C2. The van der Waals surface area contributed by atoms with Crippen molar-refractivity contribution in [2.24, 2.45) is 0 Å². The zero-order valence-corrected chi connectivity index (χ0v) is 13.1. The summed E-state index contributed by atoms with van der Waals surface area (Å²) in [6.07, 6.45) is 5.12. The number of fused-ring (bicyclic) bond motifs is 2. The molecule has 104 valence electrons. The number of benzene rings is 1. The third-order valence-electron chi connectivity index (χ3n) is 4.35. The van der Waals surface area contributed by atoms with E-state index in [-0.39, 0.29) is 5.75 Å². The molecule has 2 fully saturated rings. The molecule has 2 nitrogen and oxygen atoms in total. The predicted octanol–water partition coefficient (Wildman–Crippen LogP) is 4.42. The van der Waals surface area contributed by atoms with E-state index < -0.39 is 0 Å². The molecule has 1 aromatic rings. The molecular weight excluding hydrogens is 301 g/mol. The molecule has 0 saturated carbocycles. The van der Waals surface area contributed by atoms with Crippen LogP contribution in [0.2, 0.25) is 10.0 Å². The second-order valence-electron chi connectivity index (χ2n) is 5.50. The highest BCUT2D eigenvalue weighted by molar-refractivity contribution is 8.00. The van der Waals surface area contributed by atoms with Gasteiger partial charge in [-0.25, -0.2) is 0 Å². The third kappa shape index (κ3) is 2.71. The summed E-state index contributed by atoms with van der Waals surface area (Å²) in [6.45, 7) is 0. The molecule has 0 aliphatic carbocycles. The van der Waals surface area contributed by atoms with Crippen LogP contribution in [0, 0.1) is 0 Å². The lowest BCUT2D eigenvalue weighted by atomic mass is 10.0. The average molecular weight is 318 g/mol. The summed E-state index contributed by atoms with van der Waals surface area (Å²) in [5.74, 6) is -0.0175. The van der Waals surface area contributed by atoms with Crippen LogP contribution >= 0.6 is 35.0 Å². The number of thioether (sulfide) groups is 1. The Hall–Kier alpha value is -0.0900. The highest BCUT2D eigenvalue weighted by Crippen LogP contribution is 2.43. The Morgan fingerprint density at radius 1 is 1.16 bits per heavy atom. The van der Waals surface area contributed by atoms with Gasteiger partial charge in [-0.3, -0.25) is 0 Å². The standard InChI is InChI=1S/C14H17Cl2NOS/c1-17-8-2-3-9(17)5-10(4-8)19-11-6-12(15)14(18)13(16)7-11/h6-10,18H,2-5H2,1H3/t8-,9+,10-. The molecule has 2 saturated heterocycles. The lowest BCUT2D eigenvalue weighted by Crippen LogP contribution is -2.40. The quantitative estimate of drug-likeness (QED) is 0.873. The summed E-state index contributed by atoms with van der Waals surface area (Å²) < 4.78 is 0. The van der Waals surface area contributed by atoms with Gasteiger partial charge < -0.3 is 10.0 Å². The summed E-state index contributed by atoms with van der Waals surface area (Å²) >= 11 is 13.8. The minimum Gasteiger partial charge on any atom is -0.505 e. The predicted molar refractivity (Wildman–Crippen MR) is 81.6 cm³/mol. The monoisotopic (exact) mass is 317 g/mol. The van der Waals surface area contributed by atoms with Gasteiger partial charge in [0.05, 0.1) is 10.0 Å². The summed E-state index contributed by atoms with van der Waals surface area (Å²) in [4.78, 5) is 3.59. The van der Waals surface area contributed by atoms with Crippen LogP contribution in [0.15, 0.2) is 17.0 Å². The first-order valence-corrected chi connectivity index (χ1v) is 8.24. The van der Waals surface area contributed by atoms with Crippen molar-refractivity contribution in [3.63, 3.8) is 0 Å². The van der Waals surface area contributed by atoms with Crippen molar-refractivity contribution in [3.8, 4) is 5.75 Å². The molecule has 1 N–H and O–H groups in total. The van der Waals surface area contributed by atoms with E-state index in [2.05, 4.69) is 11.9 Å². The Morgan fingerprint density at radius 3 is 2.21 bits per heavy atom. The lowest BCUT2D eigenvalue weighted by molar-refractivity contribution is 0.183. The molecule has 0 unspecified atom stereocenters. The van der Waals surface area contributed by atoms with Gasteiger partial charge in [-0.2, -0.15) is 0 Å². The number of aromatic hydroxyl groups is 1. The van der Waals surface area contributed by atoms with Crippen LogP contribution in [0.4, 0.5) is 0 Å². The first-order valence-electron chi connectivity index (χ1n) is 6.61. The summed E-state index contributed by atoms with van der Waals surface area (Å²) in [5, 5.41) is 10.9. The van der Waals surface area contributed by atoms with Gasteiger partial charge in [-0.05, 0) is 44.9 Å². The topological polar surface area (TPSA) is 23.5 Å². The summed E-state index contributed by atoms with van der Waals surface area (Å²) in [7, 11) is 2.25. The molecule has 0 spiro atoms. The van der Waals surface area contributed by atoms with Crippen molar-refractivity contribution in [2.45, 2.75) is 47.9 Å². The number of phenolic OH excluding ortho intramolecular Hbond substituents is 1. The number of hydrogen-bond donors (Lipinski definition) is 1. The van der Waals surface area contributed by atoms with Crippen molar-refractivity contribution in [1.29, 1.82) is 0 Å². The van der Waals surface area contributed by atoms with Gasteiger partial charge in [0.1, 0.15) is 0 Å². The zero-order valence-electron chi connectivity index (χ0n) is 10.8. The molecule has 19 heavy (non-hydrogen) atoms. The fourth-order valence-electron chi connectivity index (χ4n) is 3.26. The molecule has 0 aromatic heterocycles. The van der Waals surface area contributed by atoms with E-state index >= 15 is 0 Å². The second kappa shape index (κ2) is 5.36. The van der Waals surface area contributed by atoms with Crippen molar-refractivity contribution < 1.29 is 5.11 Å². The Morgan fingerprint density at radius 2 is 1.68 bits per heavy atom. The highest BCUT2D eigenvalue weighted by Gasteiger charge is 2.38. The van der Waals surface area contributed by atoms with E-state index in [1.165, 1.54) is 25.7 Å². The fourth-order valence-corrected chi connectivity index (χ4v) is 5.27. The zero-order chi connectivity index (χ0) is 13.6. The van der Waals surface area contributed by atoms with E-state index in [9.17, 15) is 5.11 Å². The van der Waals surface area contributed by atoms with Gasteiger partial charge >= 0.3 is 0 Å². The Labute approximate surface area is 128 Å². The molecule has 3 rings (SSSR count). The van der Waals surface area contributed by atoms with E-state index in [1.54, 1.807) is 0 Å².